The molecule has 3 aromatic rings. The molecule has 0 fully saturated rings. The van der Waals surface area contributed by atoms with Crippen LogP contribution in [0.15, 0.2) is 57.6 Å². The van der Waals surface area contributed by atoms with Crippen molar-refractivity contribution in [1.29, 1.82) is 5.26 Å². The molecule has 0 saturated heterocycles. The van der Waals surface area contributed by atoms with E-state index in [-0.39, 0.29) is 17.7 Å². The number of hydrogen-bond donors (Lipinski definition) is 1. The lowest BCUT2D eigenvalue weighted by molar-refractivity contribution is -0.348. The molecular formula is C24H11Br2F9N4O2. The SMILES string of the molecule is N#CCN(C(=O)c1ccc(F)nc1)c1cccc(C(=O)Nc2c(Br)cc(C(F)(C(F)(F)F)C(F)(F)F)cc2Br)c1F. The first-order chi connectivity index (χ1) is 18.9. The molecule has 41 heavy (non-hydrogen) atoms. The molecule has 0 radical (unpaired) electrons. The van der Waals surface area contributed by atoms with Gasteiger partial charge in [-0.25, -0.2) is 13.8 Å². The van der Waals surface area contributed by atoms with Crippen molar-refractivity contribution in [3.8, 4) is 6.07 Å². The molecule has 17 heteroatoms. The monoisotopic (exact) mass is 716 g/mol. The maximum Gasteiger partial charge on any atom is 0.435 e. The molecule has 0 unspecified atom stereocenters. The molecule has 1 heterocycles. The lowest BCUT2D eigenvalue weighted by atomic mass is 9.94. The van der Waals surface area contributed by atoms with E-state index in [1.54, 1.807) is 6.07 Å². The highest BCUT2D eigenvalue weighted by Gasteiger charge is 2.73. The number of amides is 2. The van der Waals surface area contributed by atoms with E-state index < -0.39 is 79.6 Å². The predicted molar refractivity (Wildman–Crippen MR) is 133 cm³/mol. The number of alkyl halides is 7. The number of carbonyl (C=O) groups excluding carboxylic acids is 2. The smallest absolute Gasteiger partial charge is 0.320 e. The minimum Gasteiger partial charge on any atom is -0.320 e. The standard InChI is InChI=1S/C24H11Br2F9N4O2/c25-14-8-12(22(29,23(30,31)32)24(33,34)35)9-15(26)19(14)38-20(40)13-2-1-3-16(18(13)28)39(7-6-36)21(41)11-4-5-17(27)37-10-11/h1-5,8-10H,7H2,(H,38,40). The minimum absolute atomic E-state index is 0.151. The average molecular weight is 718 g/mol. The average Bonchev–Trinajstić information content (AvgIpc) is 2.87. The fourth-order valence-electron chi connectivity index (χ4n) is 3.46. The van der Waals surface area contributed by atoms with E-state index >= 15 is 4.39 Å². The first-order valence-electron chi connectivity index (χ1n) is 10.7. The Kier molecular flexibility index (Phi) is 9.08. The largest absolute Gasteiger partial charge is 0.435 e. The molecule has 2 aromatic carbocycles. The van der Waals surface area contributed by atoms with Crippen LogP contribution >= 0.6 is 31.9 Å². The number of rotatable bonds is 6. The third-order valence-electron chi connectivity index (χ3n) is 5.42. The molecule has 0 bridgehead atoms. The Labute approximate surface area is 241 Å². The predicted octanol–water partition coefficient (Wildman–Crippen LogP) is 7.60. The first kappa shape index (κ1) is 31.9. The highest BCUT2D eigenvalue weighted by molar-refractivity contribution is 9.11. The number of hydrogen-bond acceptors (Lipinski definition) is 4. The van der Waals surface area contributed by atoms with Crippen LogP contribution in [0.3, 0.4) is 0 Å². The summed E-state index contributed by atoms with van der Waals surface area (Å²) in [6.07, 6.45) is -12.0. The number of halogens is 11. The molecule has 0 aliphatic heterocycles. The Morgan fingerprint density at radius 3 is 2.02 bits per heavy atom. The number of benzene rings is 2. The fraction of sp³-hybridized carbons (Fsp3) is 0.167. The van der Waals surface area contributed by atoms with Crippen molar-refractivity contribution >= 4 is 55.0 Å². The molecule has 1 N–H and O–H groups in total. The summed E-state index contributed by atoms with van der Waals surface area (Å²) in [6.45, 7) is -0.722. The van der Waals surface area contributed by atoms with Crippen LogP contribution in [0.4, 0.5) is 50.9 Å². The van der Waals surface area contributed by atoms with Crippen molar-refractivity contribution in [1.82, 2.24) is 4.98 Å². The van der Waals surface area contributed by atoms with Gasteiger partial charge in [0.25, 0.3) is 11.8 Å². The fourth-order valence-corrected chi connectivity index (χ4v) is 4.84. The van der Waals surface area contributed by atoms with Crippen molar-refractivity contribution < 1.29 is 49.1 Å². The van der Waals surface area contributed by atoms with E-state index in [2.05, 4.69) is 42.2 Å². The first-order valence-corrected chi connectivity index (χ1v) is 12.2. The third-order valence-corrected chi connectivity index (χ3v) is 6.67. The second kappa shape index (κ2) is 11.7. The van der Waals surface area contributed by atoms with E-state index in [4.69, 9.17) is 5.26 Å². The van der Waals surface area contributed by atoms with E-state index in [0.717, 1.165) is 36.5 Å². The molecule has 0 atom stereocenters. The maximum absolute atomic E-state index is 15.5. The number of nitrogens with one attached hydrogen (secondary N) is 1. The molecule has 216 valence electrons. The molecule has 3 rings (SSSR count). The molecule has 2 amide bonds. The van der Waals surface area contributed by atoms with Gasteiger partial charge in [-0.2, -0.15) is 36.0 Å². The topological polar surface area (TPSA) is 86.1 Å². The highest BCUT2D eigenvalue weighted by Crippen LogP contribution is 2.54. The van der Waals surface area contributed by atoms with Gasteiger partial charge in [-0.3, -0.25) is 14.5 Å². The summed E-state index contributed by atoms with van der Waals surface area (Å²) in [5, 5.41) is 11.2. The van der Waals surface area contributed by atoms with Crippen LogP contribution < -0.4 is 10.2 Å². The summed E-state index contributed by atoms with van der Waals surface area (Å²) in [5.74, 6) is -4.54. The quantitative estimate of drug-likeness (QED) is 0.162. The van der Waals surface area contributed by atoms with Crippen LogP contribution in [-0.4, -0.2) is 35.7 Å². The molecule has 0 saturated carbocycles. The van der Waals surface area contributed by atoms with Gasteiger partial charge in [0.15, 0.2) is 5.82 Å². The molecule has 6 nitrogen and oxygen atoms in total. The second-order valence-corrected chi connectivity index (χ2v) is 9.69. The van der Waals surface area contributed by atoms with Gasteiger partial charge in [0.2, 0.25) is 5.95 Å². The maximum atomic E-state index is 15.5. The Balaban J connectivity index is 2.00. The van der Waals surface area contributed by atoms with Crippen molar-refractivity contribution in [2.24, 2.45) is 0 Å². The zero-order valence-corrected chi connectivity index (χ0v) is 22.8. The summed E-state index contributed by atoms with van der Waals surface area (Å²) < 4.78 is 121. The van der Waals surface area contributed by atoms with E-state index in [9.17, 15) is 44.7 Å². The number of nitrogens with zero attached hydrogens (tertiary/aromatic N) is 3. The Morgan fingerprint density at radius 1 is 0.951 bits per heavy atom. The van der Waals surface area contributed by atoms with Gasteiger partial charge < -0.3 is 5.32 Å². The number of nitriles is 1. The molecule has 0 aliphatic rings. The van der Waals surface area contributed by atoms with Crippen LogP contribution in [0.25, 0.3) is 0 Å². The summed E-state index contributed by atoms with van der Waals surface area (Å²) in [6, 6.07) is 6.88. The lowest BCUT2D eigenvalue weighted by Crippen LogP contribution is -2.50. The van der Waals surface area contributed by atoms with E-state index in [1.807, 2.05) is 0 Å². The van der Waals surface area contributed by atoms with Crippen LogP contribution in [0, 0.1) is 23.1 Å². The molecule has 0 aliphatic carbocycles. The third kappa shape index (κ3) is 6.17. The zero-order valence-electron chi connectivity index (χ0n) is 19.6. The van der Waals surface area contributed by atoms with Gasteiger partial charge in [0.05, 0.1) is 28.6 Å². The highest BCUT2D eigenvalue weighted by atomic mass is 79.9. The van der Waals surface area contributed by atoms with Gasteiger partial charge in [0, 0.05) is 20.7 Å². The van der Waals surface area contributed by atoms with Gasteiger partial charge in [-0.05, 0) is 68.3 Å². The van der Waals surface area contributed by atoms with Crippen LogP contribution in [0.1, 0.15) is 26.3 Å². The lowest BCUT2D eigenvalue weighted by Gasteiger charge is -2.31. The van der Waals surface area contributed by atoms with Crippen molar-refractivity contribution in [3.63, 3.8) is 0 Å². The Morgan fingerprint density at radius 2 is 1.54 bits per heavy atom. The van der Waals surface area contributed by atoms with Gasteiger partial charge in [-0.1, -0.05) is 6.07 Å². The summed E-state index contributed by atoms with van der Waals surface area (Å²) in [4.78, 5) is 29.7. The van der Waals surface area contributed by atoms with Crippen LogP contribution in [0.5, 0.6) is 0 Å². The van der Waals surface area contributed by atoms with E-state index in [1.165, 1.54) is 0 Å². The van der Waals surface area contributed by atoms with Crippen molar-refractivity contribution in [2.75, 3.05) is 16.8 Å². The van der Waals surface area contributed by atoms with Gasteiger partial charge >= 0.3 is 18.0 Å². The van der Waals surface area contributed by atoms with Crippen LogP contribution in [0.2, 0.25) is 0 Å². The number of anilines is 2. The van der Waals surface area contributed by atoms with Crippen molar-refractivity contribution in [2.45, 2.75) is 18.0 Å². The molecular weight excluding hydrogens is 707 g/mol. The Bertz CT molecular complexity index is 1500. The van der Waals surface area contributed by atoms with Crippen molar-refractivity contribution in [3.05, 3.63) is 86.1 Å². The van der Waals surface area contributed by atoms with Crippen LogP contribution in [-0.2, 0) is 5.67 Å². The minimum atomic E-state index is -6.39. The Hall–Kier alpha value is -3.65. The zero-order chi connectivity index (χ0) is 30.9. The van der Waals surface area contributed by atoms with Gasteiger partial charge in [0.1, 0.15) is 6.54 Å². The number of carbonyl (C=O) groups is 2. The number of aromatic nitrogens is 1. The van der Waals surface area contributed by atoms with Gasteiger partial charge in [-0.15, -0.1) is 0 Å². The van der Waals surface area contributed by atoms with E-state index in [0.29, 0.717) is 4.90 Å². The second-order valence-electron chi connectivity index (χ2n) is 7.98. The normalized spacial score (nSPS) is 12.0. The summed E-state index contributed by atoms with van der Waals surface area (Å²) >= 11 is 5.38. The summed E-state index contributed by atoms with van der Waals surface area (Å²) in [7, 11) is 0. The molecule has 1 aromatic heterocycles. The summed E-state index contributed by atoms with van der Waals surface area (Å²) in [5.41, 5.74) is -9.67. The molecule has 0 spiro atoms. The number of pyridine rings is 1.